The predicted molar refractivity (Wildman–Crippen MR) is 73.9 cm³/mol. The van der Waals surface area contributed by atoms with E-state index in [0.717, 1.165) is 19.3 Å². The van der Waals surface area contributed by atoms with Crippen LogP contribution in [0.25, 0.3) is 0 Å². The molecule has 112 valence electrons. The van der Waals surface area contributed by atoms with Crippen LogP contribution in [0.1, 0.15) is 39.5 Å². The van der Waals surface area contributed by atoms with Gasteiger partial charge in [0.2, 0.25) is 0 Å². The van der Waals surface area contributed by atoms with Gasteiger partial charge in [0.1, 0.15) is 0 Å². The third kappa shape index (κ3) is 3.11. The average molecular weight is 291 g/mol. The maximum atomic E-state index is 12.6. The van der Waals surface area contributed by atoms with Gasteiger partial charge in [-0.3, -0.25) is 0 Å². The van der Waals surface area contributed by atoms with Crippen molar-refractivity contribution >= 4 is 10.2 Å². The molecule has 2 rings (SSSR count). The van der Waals surface area contributed by atoms with Crippen molar-refractivity contribution in [3.63, 3.8) is 0 Å². The molecule has 2 heterocycles. The summed E-state index contributed by atoms with van der Waals surface area (Å²) in [5.41, 5.74) is 5.18. The first-order valence-electron chi connectivity index (χ1n) is 7.01. The number of nitrogens with two attached hydrogens (primary N) is 1. The Balaban J connectivity index is 2.13. The minimum Gasteiger partial charge on any atom is -0.376 e. The lowest BCUT2D eigenvalue weighted by Crippen LogP contribution is -2.58. The molecule has 2 aliphatic rings. The molecule has 3 unspecified atom stereocenters. The Morgan fingerprint density at radius 1 is 1.47 bits per heavy atom. The van der Waals surface area contributed by atoms with Gasteiger partial charge in [-0.05, 0) is 33.1 Å². The highest BCUT2D eigenvalue weighted by molar-refractivity contribution is 7.87. The molecule has 6 nitrogen and oxygen atoms in total. The van der Waals surface area contributed by atoms with E-state index < -0.39 is 15.7 Å². The van der Waals surface area contributed by atoms with Gasteiger partial charge in [-0.1, -0.05) is 6.42 Å². The van der Waals surface area contributed by atoms with Crippen LogP contribution in [0.2, 0.25) is 0 Å². The molecule has 0 aromatic carbocycles. The van der Waals surface area contributed by atoms with E-state index in [1.54, 1.807) is 0 Å². The molecule has 3 atom stereocenters. The fraction of sp³-hybridized carbons (Fsp3) is 1.00. The summed E-state index contributed by atoms with van der Waals surface area (Å²) in [5.74, 6) is 0. The summed E-state index contributed by atoms with van der Waals surface area (Å²) in [7, 11) is -3.50. The number of piperidine rings is 1. The zero-order valence-corrected chi connectivity index (χ0v) is 12.6. The normalized spacial score (nSPS) is 37.6. The summed E-state index contributed by atoms with van der Waals surface area (Å²) in [6.45, 7) is 5.35. The van der Waals surface area contributed by atoms with Crippen LogP contribution < -0.4 is 10.5 Å². The molecule has 0 saturated carbocycles. The second kappa shape index (κ2) is 5.65. The zero-order valence-electron chi connectivity index (χ0n) is 11.8. The summed E-state index contributed by atoms with van der Waals surface area (Å²) in [6.07, 6.45) is 3.39. The summed E-state index contributed by atoms with van der Waals surface area (Å²) in [6, 6.07) is -0.0764. The van der Waals surface area contributed by atoms with Crippen molar-refractivity contribution in [3.8, 4) is 0 Å². The number of ether oxygens (including phenoxy) is 1. The summed E-state index contributed by atoms with van der Waals surface area (Å²) in [5, 5.41) is 0. The molecule has 0 aliphatic carbocycles. The van der Waals surface area contributed by atoms with Gasteiger partial charge in [0, 0.05) is 25.7 Å². The number of hydrogen-bond donors (Lipinski definition) is 2. The first kappa shape index (κ1) is 15.2. The van der Waals surface area contributed by atoms with E-state index in [4.69, 9.17) is 10.5 Å². The summed E-state index contributed by atoms with van der Waals surface area (Å²) < 4.78 is 35.0. The largest absolute Gasteiger partial charge is 0.376 e. The highest BCUT2D eigenvalue weighted by Gasteiger charge is 2.43. The smallest absolute Gasteiger partial charge is 0.280 e. The highest BCUT2D eigenvalue weighted by atomic mass is 32.2. The molecule has 7 heteroatoms. The maximum absolute atomic E-state index is 12.6. The number of rotatable bonds is 4. The highest BCUT2D eigenvalue weighted by Crippen LogP contribution is 2.28. The Hall–Kier alpha value is -0.210. The molecule has 0 aromatic rings. The lowest BCUT2D eigenvalue weighted by molar-refractivity contribution is 0.0946. The van der Waals surface area contributed by atoms with Gasteiger partial charge in [-0.2, -0.15) is 17.4 Å². The molecular formula is C12H25N3O3S. The molecule has 0 aromatic heterocycles. The molecule has 0 bridgehead atoms. The third-order valence-electron chi connectivity index (χ3n) is 4.40. The first-order valence-corrected chi connectivity index (χ1v) is 8.45. The minimum absolute atomic E-state index is 0.0764. The molecular weight excluding hydrogens is 266 g/mol. The van der Waals surface area contributed by atoms with E-state index >= 15 is 0 Å². The Morgan fingerprint density at radius 2 is 2.21 bits per heavy atom. The fourth-order valence-electron chi connectivity index (χ4n) is 2.85. The van der Waals surface area contributed by atoms with Crippen molar-refractivity contribution in [2.45, 2.75) is 57.2 Å². The summed E-state index contributed by atoms with van der Waals surface area (Å²) in [4.78, 5) is 0. The van der Waals surface area contributed by atoms with Crippen molar-refractivity contribution in [3.05, 3.63) is 0 Å². The van der Waals surface area contributed by atoms with Crippen LogP contribution in [0.4, 0.5) is 0 Å². The molecule has 2 fully saturated rings. The second-order valence-electron chi connectivity index (χ2n) is 5.78. The van der Waals surface area contributed by atoms with Crippen LogP contribution in [0.15, 0.2) is 0 Å². The number of nitrogens with one attached hydrogen (secondary N) is 1. The standard InChI is InChI=1S/C12H25N3O3S/c1-10-12(2,6-8-18-10)14-19(16,17)15-7-4-3-5-11(15)9-13/h10-11,14H,3-9,13H2,1-2H3. The lowest BCUT2D eigenvalue weighted by atomic mass is 9.97. The van der Waals surface area contributed by atoms with Gasteiger partial charge >= 0.3 is 0 Å². The van der Waals surface area contributed by atoms with Crippen LogP contribution in [-0.4, -0.2) is 50.1 Å². The van der Waals surface area contributed by atoms with E-state index in [0.29, 0.717) is 26.1 Å². The van der Waals surface area contributed by atoms with Crippen LogP contribution in [0, 0.1) is 0 Å². The van der Waals surface area contributed by atoms with Gasteiger partial charge in [-0.15, -0.1) is 0 Å². The molecule has 2 saturated heterocycles. The fourth-order valence-corrected chi connectivity index (χ4v) is 4.78. The van der Waals surface area contributed by atoms with E-state index in [1.165, 1.54) is 4.31 Å². The van der Waals surface area contributed by atoms with Crippen molar-refractivity contribution in [2.24, 2.45) is 5.73 Å². The van der Waals surface area contributed by atoms with E-state index in [2.05, 4.69) is 4.72 Å². The van der Waals surface area contributed by atoms with E-state index in [1.807, 2.05) is 13.8 Å². The second-order valence-corrected chi connectivity index (χ2v) is 7.41. The predicted octanol–water partition coefficient (Wildman–Crippen LogP) is 0.202. The Bertz CT molecular complexity index is 414. The van der Waals surface area contributed by atoms with Crippen molar-refractivity contribution in [2.75, 3.05) is 19.7 Å². The Labute approximate surface area is 115 Å². The van der Waals surface area contributed by atoms with Crippen LogP contribution in [-0.2, 0) is 14.9 Å². The molecule has 0 amide bonds. The lowest BCUT2D eigenvalue weighted by Gasteiger charge is -2.37. The van der Waals surface area contributed by atoms with Gasteiger partial charge in [0.05, 0.1) is 11.6 Å². The minimum atomic E-state index is -3.50. The molecule has 19 heavy (non-hydrogen) atoms. The topological polar surface area (TPSA) is 84.7 Å². The molecule has 0 spiro atoms. The maximum Gasteiger partial charge on any atom is 0.280 e. The number of nitrogens with zero attached hydrogens (tertiary/aromatic N) is 1. The Kier molecular flexibility index (Phi) is 4.52. The third-order valence-corrected chi connectivity index (χ3v) is 6.22. The quantitative estimate of drug-likeness (QED) is 0.775. The van der Waals surface area contributed by atoms with Gasteiger partial charge in [-0.25, -0.2) is 0 Å². The van der Waals surface area contributed by atoms with Crippen molar-refractivity contribution in [1.29, 1.82) is 0 Å². The monoisotopic (exact) mass is 291 g/mol. The summed E-state index contributed by atoms with van der Waals surface area (Å²) >= 11 is 0. The van der Waals surface area contributed by atoms with E-state index in [9.17, 15) is 8.42 Å². The van der Waals surface area contributed by atoms with Crippen molar-refractivity contribution in [1.82, 2.24) is 9.03 Å². The number of hydrogen-bond acceptors (Lipinski definition) is 4. The van der Waals surface area contributed by atoms with E-state index in [-0.39, 0.29) is 12.1 Å². The zero-order chi connectivity index (χ0) is 14.1. The Morgan fingerprint density at radius 3 is 2.79 bits per heavy atom. The first-order chi connectivity index (χ1) is 8.89. The average Bonchev–Trinajstić information content (AvgIpc) is 2.68. The molecule has 0 radical (unpaired) electrons. The van der Waals surface area contributed by atoms with Crippen LogP contribution in [0.5, 0.6) is 0 Å². The van der Waals surface area contributed by atoms with Crippen LogP contribution in [0.3, 0.4) is 0 Å². The van der Waals surface area contributed by atoms with Crippen molar-refractivity contribution < 1.29 is 13.2 Å². The van der Waals surface area contributed by atoms with Gasteiger partial charge < -0.3 is 10.5 Å². The molecule has 2 aliphatic heterocycles. The van der Waals surface area contributed by atoms with Gasteiger partial charge in [0.15, 0.2) is 0 Å². The van der Waals surface area contributed by atoms with Crippen LogP contribution >= 0.6 is 0 Å². The SMILES string of the molecule is CC1OCCC1(C)NS(=O)(=O)N1CCCCC1CN. The molecule has 3 N–H and O–H groups in total. The van der Waals surface area contributed by atoms with Gasteiger partial charge in [0.25, 0.3) is 10.2 Å².